The Morgan fingerprint density at radius 3 is 2.91 bits per heavy atom. The second-order valence-electron chi connectivity index (χ2n) is 7.52. The first kappa shape index (κ1) is 16.0. The average molecular weight is 320 g/mol. The normalized spacial score (nSPS) is 23.4. The molecule has 6 heteroatoms. The first-order chi connectivity index (χ1) is 10.9. The van der Waals surface area contributed by atoms with Gasteiger partial charge >= 0.3 is 5.97 Å². The lowest BCUT2D eigenvalue weighted by Gasteiger charge is -2.35. The van der Waals surface area contributed by atoms with Crippen molar-refractivity contribution in [3.8, 4) is 0 Å². The number of aliphatic carboxylic acids is 1. The van der Waals surface area contributed by atoms with Crippen molar-refractivity contribution in [2.45, 2.75) is 64.8 Å². The van der Waals surface area contributed by atoms with Gasteiger partial charge in [0.05, 0.1) is 6.42 Å². The number of amides is 1. The van der Waals surface area contributed by atoms with Gasteiger partial charge in [-0.1, -0.05) is 19.0 Å². The molecule has 1 atom stereocenters. The summed E-state index contributed by atoms with van der Waals surface area (Å²) in [7, 11) is 0. The molecule has 1 fully saturated rings. The minimum absolute atomic E-state index is 0.00270. The number of nitrogens with zero attached hydrogens (tertiary/aromatic N) is 2. The van der Waals surface area contributed by atoms with E-state index >= 15 is 0 Å². The summed E-state index contributed by atoms with van der Waals surface area (Å²) in [5, 5.41) is 13.1. The molecule has 1 aliphatic heterocycles. The lowest BCUT2D eigenvalue weighted by atomic mass is 9.76. The predicted octanol–water partition coefficient (Wildman–Crippen LogP) is 2.66. The van der Waals surface area contributed by atoms with Crippen LogP contribution in [0.15, 0.2) is 4.52 Å². The molecule has 1 saturated heterocycles. The molecule has 0 saturated carbocycles. The topological polar surface area (TPSA) is 83.6 Å². The fraction of sp³-hybridized carbons (Fsp3) is 0.706. The monoisotopic (exact) mass is 320 g/mol. The van der Waals surface area contributed by atoms with Crippen molar-refractivity contribution in [2.24, 2.45) is 5.41 Å². The summed E-state index contributed by atoms with van der Waals surface area (Å²) < 4.78 is 5.39. The molecule has 6 nitrogen and oxygen atoms in total. The van der Waals surface area contributed by atoms with E-state index < -0.39 is 5.97 Å². The Bertz CT molecular complexity index is 620. The maximum absolute atomic E-state index is 12.9. The highest BCUT2D eigenvalue weighted by molar-refractivity contribution is 5.94. The number of carbonyl (C=O) groups excluding carboxylic acids is 1. The average Bonchev–Trinajstić information content (AvgIpc) is 2.88. The molecule has 0 bridgehead atoms. The fourth-order valence-corrected chi connectivity index (χ4v) is 3.73. The van der Waals surface area contributed by atoms with Crippen LogP contribution in [0.4, 0.5) is 0 Å². The molecule has 1 aromatic rings. The van der Waals surface area contributed by atoms with Crippen molar-refractivity contribution in [1.29, 1.82) is 0 Å². The number of likely N-dealkylation sites (tertiary alicyclic amines) is 1. The molecule has 2 aliphatic rings. The number of hydrogen-bond acceptors (Lipinski definition) is 4. The van der Waals surface area contributed by atoms with Gasteiger partial charge in [-0.15, -0.1) is 0 Å². The number of carbonyl (C=O) groups is 2. The Labute approximate surface area is 135 Å². The van der Waals surface area contributed by atoms with Gasteiger partial charge in [0.25, 0.3) is 5.91 Å². The van der Waals surface area contributed by atoms with Crippen molar-refractivity contribution in [2.75, 3.05) is 6.54 Å². The maximum atomic E-state index is 12.9. The number of carboxylic acid groups (broad SMARTS) is 1. The van der Waals surface area contributed by atoms with E-state index in [2.05, 4.69) is 19.0 Å². The molecule has 1 amide bonds. The van der Waals surface area contributed by atoms with Gasteiger partial charge in [0, 0.05) is 24.6 Å². The molecule has 0 aromatic carbocycles. The number of piperidine rings is 1. The third-order valence-electron chi connectivity index (χ3n) is 5.05. The van der Waals surface area contributed by atoms with E-state index in [0.29, 0.717) is 12.2 Å². The number of aromatic nitrogens is 1. The fourth-order valence-electron chi connectivity index (χ4n) is 3.73. The molecule has 0 spiro atoms. The van der Waals surface area contributed by atoms with E-state index in [1.807, 2.05) is 0 Å². The minimum Gasteiger partial charge on any atom is -0.481 e. The zero-order valence-electron chi connectivity index (χ0n) is 13.8. The van der Waals surface area contributed by atoms with E-state index in [-0.39, 0.29) is 23.8 Å². The Morgan fingerprint density at radius 2 is 2.17 bits per heavy atom. The first-order valence-corrected chi connectivity index (χ1v) is 8.37. The summed E-state index contributed by atoms with van der Waals surface area (Å²) in [6.45, 7) is 4.97. The third-order valence-corrected chi connectivity index (χ3v) is 5.05. The molecular formula is C17H24N2O4. The molecular weight excluding hydrogens is 296 g/mol. The third kappa shape index (κ3) is 3.26. The van der Waals surface area contributed by atoms with Crippen LogP contribution in [0.1, 0.15) is 67.8 Å². The van der Waals surface area contributed by atoms with Crippen molar-refractivity contribution in [3.63, 3.8) is 0 Å². The Morgan fingerprint density at radius 1 is 1.39 bits per heavy atom. The van der Waals surface area contributed by atoms with Crippen LogP contribution in [0.2, 0.25) is 0 Å². The highest BCUT2D eigenvalue weighted by atomic mass is 16.5. The zero-order chi connectivity index (χ0) is 16.6. The summed E-state index contributed by atoms with van der Waals surface area (Å²) >= 11 is 0. The number of hydrogen-bond donors (Lipinski definition) is 1. The molecule has 1 aromatic heterocycles. The van der Waals surface area contributed by atoms with E-state index in [1.165, 1.54) is 0 Å². The number of rotatable bonds is 3. The predicted molar refractivity (Wildman–Crippen MR) is 83.2 cm³/mol. The highest BCUT2D eigenvalue weighted by Gasteiger charge is 2.36. The second kappa shape index (κ2) is 5.98. The maximum Gasteiger partial charge on any atom is 0.305 e. The van der Waals surface area contributed by atoms with Gasteiger partial charge in [-0.05, 0) is 37.5 Å². The number of aryl methyl sites for hydroxylation is 1. The van der Waals surface area contributed by atoms with Gasteiger partial charge < -0.3 is 14.5 Å². The largest absolute Gasteiger partial charge is 0.481 e. The van der Waals surface area contributed by atoms with Gasteiger partial charge in [0.1, 0.15) is 5.76 Å². The molecule has 1 unspecified atom stereocenters. The van der Waals surface area contributed by atoms with E-state index in [0.717, 1.165) is 49.8 Å². The van der Waals surface area contributed by atoms with Crippen molar-refractivity contribution in [3.05, 3.63) is 17.0 Å². The van der Waals surface area contributed by atoms with E-state index in [9.17, 15) is 9.59 Å². The quantitative estimate of drug-likeness (QED) is 0.925. The van der Waals surface area contributed by atoms with Crippen LogP contribution in [0, 0.1) is 5.41 Å². The van der Waals surface area contributed by atoms with Crippen molar-refractivity contribution in [1.82, 2.24) is 10.1 Å². The zero-order valence-corrected chi connectivity index (χ0v) is 13.8. The molecule has 2 heterocycles. The Balaban J connectivity index is 1.85. The summed E-state index contributed by atoms with van der Waals surface area (Å²) in [5.74, 6) is -0.212. The molecule has 1 aliphatic carbocycles. The molecule has 23 heavy (non-hydrogen) atoms. The van der Waals surface area contributed by atoms with Gasteiger partial charge in [-0.3, -0.25) is 9.59 Å². The molecule has 3 rings (SSSR count). The van der Waals surface area contributed by atoms with E-state index in [4.69, 9.17) is 9.63 Å². The van der Waals surface area contributed by atoms with Crippen LogP contribution in [-0.2, 0) is 17.6 Å². The van der Waals surface area contributed by atoms with Crippen LogP contribution in [0.5, 0.6) is 0 Å². The van der Waals surface area contributed by atoms with Crippen LogP contribution in [0.3, 0.4) is 0 Å². The molecule has 0 radical (unpaired) electrons. The smallest absolute Gasteiger partial charge is 0.305 e. The standard InChI is InChI=1S/C17H24N2O4/c1-17(2)7-6-13-12(10-17)15(18-23-13)16(22)19-8-4-3-5-11(19)9-14(20)21/h11H,3-10H2,1-2H3,(H,20,21). The first-order valence-electron chi connectivity index (χ1n) is 8.37. The minimum atomic E-state index is -0.863. The van der Waals surface area contributed by atoms with Crippen LogP contribution < -0.4 is 0 Å². The number of fused-ring (bicyclic) bond motifs is 1. The van der Waals surface area contributed by atoms with Crippen LogP contribution >= 0.6 is 0 Å². The van der Waals surface area contributed by atoms with Gasteiger partial charge in [0.15, 0.2) is 5.69 Å². The summed E-state index contributed by atoms with van der Waals surface area (Å²) in [6.07, 6.45) is 5.22. The lowest BCUT2D eigenvalue weighted by molar-refractivity contribution is -0.138. The van der Waals surface area contributed by atoms with Gasteiger partial charge in [-0.2, -0.15) is 0 Å². The Kier molecular flexibility index (Phi) is 4.17. The van der Waals surface area contributed by atoms with Crippen molar-refractivity contribution >= 4 is 11.9 Å². The van der Waals surface area contributed by atoms with Crippen molar-refractivity contribution < 1.29 is 19.2 Å². The molecule has 126 valence electrons. The van der Waals surface area contributed by atoms with Gasteiger partial charge in [-0.25, -0.2) is 0 Å². The van der Waals surface area contributed by atoms with E-state index in [1.54, 1.807) is 4.90 Å². The SMILES string of the molecule is CC1(C)CCc2onc(C(=O)N3CCCCC3CC(=O)O)c2C1. The summed E-state index contributed by atoms with van der Waals surface area (Å²) in [6, 6.07) is -0.238. The Hall–Kier alpha value is -1.85. The second-order valence-corrected chi connectivity index (χ2v) is 7.52. The lowest BCUT2D eigenvalue weighted by Crippen LogP contribution is -2.45. The van der Waals surface area contributed by atoms with Crippen LogP contribution in [-0.4, -0.2) is 39.6 Å². The molecule has 1 N–H and O–H groups in total. The number of carboxylic acids is 1. The highest BCUT2D eigenvalue weighted by Crippen LogP contribution is 2.37. The van der Waals surface area contributed by atoms with Gasteiger partial charge in [0.2, 0.25) is 0 Å². The summed E-state index contributed by atoms with van der Waals surface area (Å²) in [4.78, 5) is 25.7. The summed E-state index contributed by atoms with van der Waals surface area (Å²) in [5.41, 5.74) is 1.45. The van der Waals surface area contributed by atoms with Crippen LogP contribution in [0.25, 0.3) is 0 Å².